The Labute approximate surface area is 139 Å². The van der Waals surface area contributed by atoms with Crippen LogP contribution in [0.1, 0.15) is 40.0 Å². The van der Waals surface area contributed by atoms with Gasteiger partial charge < -0.3 is 29.4 Å². The zero-order valence-corrected chi connectivity index (χ0v) is 18.6. The van der Waals surface area contributed by atoms with Crippen molar-refractivity contribution in [3.05, 3.63) is 0 Å². The molecule has 0 amide bonds. The molecule has 0 bridgehead atoms. The van der Waals surface area contributed by atoms with Gasteiger partial charge in [0.15, 0.2) is 0 Å². The van der Waals surface area contributed by atoms with Crippen molar-refractivity contribution in [2.24, 2.45) is 5.92 Å². The van der Waals surface area contributed by atoms with Crippen molar-refractivity contribution >= 4 is 37.1 Å². The van der Waals surface area contributed by atoms with Crippen LogP contribution in [0.4, 0.5) is 0 Å². The summed E-state index contributed by atoms with van der Waals surface area (Å²) in [5.74, 6) is 0.988. The van der Waals surface area contributed by atoms with Gasteiger partial charge in [-0.3, -0.25) is 0 Å². The number of hydrogen-bond acceptors (Lipinski definition) is 2. The molecule has 122 valence electrons. The van der Waals surface area contributed by atoms with E-state index in [9.17, 15) is 0 Å². The molecule has 0 aliphatic heterocycles. The van der Waals surface area contributed by atoms with Gasteiger partial charge in [-0.1, -0.05) is 0 Å². The predicted octanol–water partition coefficient (Wildman–Crippen LogP) is 2.13. The first-order chi connectivity index (χ1) is 8.77. The first-order valence-electron chi connectivity index (χ1n) is 6.34. The molecule has 0 atom stereocenters. The summed E-state index contributed by atoms with van der Waals surface area (Å²) in [6, 6.07) is 0. The normalized spacial score (nSPS) is 10.9. The minimum atomic E-state index is -3.81. The van der Waals surface area contributed by atoms with E-state index in [1.807, 2.05) is 0 Å². The van der Waals surface area contributed by atoms with Gasteiger partial charge in [0.25, 0.3) is 0 Å². The summed E-state index contributed by atoms with van der Waals surface area (Å²) in [6.45, 7) is -0.619. The van der Waals surface area contributed by atoms with E-state index < -0.39 is 13.4 Å². The van der Waals surface area contributed by atoms with Crippen molar-refractivity contribution < 1.29 is 46.5 Å². The minimum Gasteiger partial charge on any atom is -0.325 e. The number of rotatable bonds is 6. The standard InChI is InChI=1S/C5H11.C4H9.2H3O3PS.Zn/c1-3-5-4-2;1-4(2)3;2*1-4(2,3)5;/h1,3-5H2,2H3;4H,1H2,2-3H3;2*(H3,1,2,3,5);. The molecule has 11 heteroatoms. The molecule has 6 N–H and O–H groups in total. The van der Waals surface area contributed by atoms with Crippen LogP contribution in [0, 0.1) is 5.92 Å². The Balaban J connectivity index is -0.000000244. The van der Waals surface area contributed by atoms with Gasteiger partial charge in [-0.25, -0.2) is 0 Å². The van der Waals surface area contributed by atoms with E-state index in [0.29, 0.717) is 0 Å². The molecule has 0 aromatic carbocycles. The Morgan fingerprint density at radius 1 is 0.900 bits per heavy atom. The molecule has 0 heterocycles. The summed E-state index contributed by atoms with van der Waals surface area (Å²) in [5, 5.41) is 3.25. The van der Waals surface area contributed by atoms with Gasteiger partial charge in [0, 0.05) is 0 Å². The van der Waals surface area contributed by atoms with Gasteiger partial charge in [-0.05, 0) is 23.6 Å². The summed E-state index contributed by atoms with van der Waals surface area (Å²) in [5.41, 5.74) is 0. The molecule has 0 radical (unpaired) electrons. The molecule has 6 nitrogen and oxygen atoms in total. The molecule has 0 spiro atoms. The number of hydrogen-bond donors (Lipinski definition) is 6. The van der Waals surface area contributed by atoms with E-state index in [1.165, 1.54) is 19.3 Å². The monoisotopic (exact) mass is 420 g/mol. The van der Waals surface area contributed by atoms with E-state index in [4.69, 9.17) is 29.4 Å². The van der Waals surface area contributed by atoms with E-state index in [2.05, 4.69) is 44.4 Å². The first-order valence-corrected chi connectivity index (χ1v) is 15.9. The van der Waals surface area contributed by atoms with Gasteiger partial charge in [-0.2, -0.15) is 0 Å². The third-order valence-corrected chi connectivity index (χ3v) is 7.26. The van der Waals surface area contributed by atoms with Crippen molar-refractivity contribution in [1.82, 2.24) is 0 Å². The molecule has 0 aliphatic carbocycles. The molecule has 0 rings (SSSR count). The second-order valence-electron chi connectivity index (χ2n) is 4.62. The van der Waals surface area contributed by atoms with Gasteiger partial charge in [0.1, 0.15) is 0 Å². The topological polar surface area (TPSA) is 121 Å². The Morgan fingerprint density at radius 3 is 1.50 bits per heavy atom. The second-order valence-corrected chi connectivity index (χ2v) is 13.8. The average Bonchev–Trinajstić information content (AvgIpc) is 2.11. The largest absolute Gasteiger partial charge is 0.325 e. The van der Waals surface area contributed by atoms with Crippen LogP contribution in [0.5, 0.6) is 0 Å². The second kappa shape index (κ2) is 15.6. The van der Waals surface area contributed by atoms with Crippen LogP contribution in [0.2, 0.25) is 10.0 Å². The Kier molecular flexibility index (Phi) is 20.7. The molecule has 0 unspecified atom stereocenters. The van der Waals surface area contributed by atoms with Crippen LogP contribution < -0.4 is 0 Å². The Bertz CT molecular complexity index is 258. The molecule has 0 saturated carbocycles. The van der Waals surface area contributed by atoms with Gasteiger partial charge in [0.2, 0.25) is 0 Å². The van der Waals surface area contributed by atoms with Crippen molar-refractivity contribution in [2.75, 3.05) is 0 Å². The van der Waals surface area contributed by atoms with Crippen LogP contribution in [-0.4, -0.2) is 29.4 Å². The van der Waals surface area contributed by atoms with E-state index in [1.54, 1.807) is 10.0 Å². The van der Waals surface area contributed by atoms with Crippen LogP contribution in [0.25, 0.3) is 0 Å². The van der Waals surface area contributed by atoms with Gasteiger partial charge in [-0.15, -0.1) is 0 Å². The average molecular weight is 422 g/mol. The van der Waals surface area contributed by atoms with Gasteiger partial charge in [0.05, 0.1) is 0 Å². The fourth-order valence-electron chi connectivity index (χ4n) is 1.16. The van der Waals surface area contributed by atoms with E-state index >= 15 is 0 Å². The summed E-state index contributed by atoms with van der Waals surface area (Å²) < 4.78 is 0. The number of unbranched alkanes of at least 4 members (excludes halogenated alkanes) is 2. The SMILES string of the molecule is CCCC[CH2][Zn][CH2]C(C)C.OP(O)(O)=S.OP(O)(O)=S. The molecule has 20 heavy (non-hydrogen) atoms. The van der Waals surface area contributed by atoms with E-state index in [-0.39, 0.29) is 17.1 Å². The fourth-order valence-corrected chi connectivity index (χ4v) is 4.96. The summed E-state index contributed by atoms with van der Waals surface area (Å²) in [4.78, 5) is 45.3. The van der Waals surface area contributed by atoms with Crippen molar-refractivity contribution in [1.29, 1.82) is 0 Å². The maximum absolute atomic E-state index is 7.56. The van der Waals surface area contributed by atoms with E-state index in [0.717, 1.165) is 5.92 Å². The van der Waals surface area contributed by atoms with Crippen molar-refractivity contribution in [3.63, 3.8) is 0 Å². The maximum atomic E-state index is 7.56. The Hall–Kier alpha value is 1.68. The van der Waals surface area contributed by atoms with Crippen LogP contribution in [0.15, 0.2) is 0 Å². The zero-order chi connectivity index (χ0) is 16.8. The fraction of sp³-hybridized carbons (Fsp3) is 1.00. The molecular weight excluding hydrogens is 396 g/mol. The quantitative estimate of drug-likeness (QED) is 0.219. The van der Waals surface area contributed by atoms with Crippen LogP contribution >= 0.6 is 13.4 Å². The van der Waals surface area contributed by atoms with Crippen LogP contribution in [-0.2, 0) is 40.7 Å². The molecule has 0 aromatic rings. The summed E-state index contributed by atoms with van der Waals surface area (Å²) in [7, 11) is 0. The van der Waals surface area contributed by atoms with Crippen LogP contribution in [0.3, 0.4) is 0 Å². The molecular formula is C9H26O6P2S2Zn. The summed E-state index contributed by atoms with van der Waals surface area (Å²) >= 11 is 7.17. The molecule has 0 saturated heterocycles. The maximum Gasteiger partial charge on any atom is 0.319 e. The predicted molar refractivity (Wildman–Crippen MR) is 85.9 cm³/mol. The molecule has 0 fully saturated rings. The minimum absolute atomic E-state index is 0.0410. The van der Waals surface area contributed by atoms with Crippen molar-refractivity contribution in [3.8, 4) is 0 Å². The Morgan fingerprint density at radius 2 is 1.25 bits per heavy atom. The summed E-state index contributed by atoms with van der Waals surface area (Å²) in [6.07, 6.45) is 4.40. The van der Waals surface area contributed by atoms with Crippen molar-refractivity contribution in [2.45, 2.75) is 50.1 Å². The molecule has 0 aromatic heterocycles. The first kappa shape index (κ1) is 26.6. The smallest absolute Gasteiger partial charge is 0.319 e. The van der Waals surface area contributed by atoms with Gasteiger partial charge >= 0.3 is 86.5 Å². The third kappa shape index (κ3) is 91.1. The zero-order valence-electron chi connectivity index (χ0n) is 12.2. The third-order valence-electron chi connectivity index (χ3n) is 1.89. The molecule has 0 aliphatic rings.